The first-order valence-corrected chi connectivity index (χ1v) is 13.1. The fraction of sp³-hybridized carbons (Fsp3) is 0.467. The standard InChI is InChI=1S/C30H35N3O3/c1-29-13-21-12-22(14-29)16-30(15-21,19-29)17-27(34)32-31-25-4-3-5-26-24(25)10-11-28(35)33(26)18-20-6-8-23(36-2)9-7-20/h3-11,21-22,31H,12-19H2,1-2H3,(H,32,34). The van der Waals surface area contributed by atoms with Crippen molar-refractivity contribution in [3.63, 3.8) is 0 Å². The molecule has 3 aromatic rings. The maximum atomic E-state index is 13.1. The van der Waals surface area contributed by atoms with E-state index in [-0.39, 0.29) is 16.9 Å². The van der Waals surface area contributed by atoms with E-state index in [4.69, 9.17) is 4.74 Å². The lowest BCUT2D eigenvalue weighted by Crippen LogP contribution is -2.52. The van der Waals surface area contributed by atoms with Gasteiger partial charge in [-0.05, 0) is 97.1 Å². The van der Waals surface area contributed by atoms with Crippen molar-refractivity contribution in [2.45, 2.75) is 58.4 Å². The van der Waals surface area contributed by atoms with Gasteiger partial charge >= 0.3 is 0 Å². The number of carbonyl (C=O) groups excluding carboxylic acids is 1. The maximum Gasteiger partial charge on any atom is 0.251 e. The van der Waals surface area contributed by atoms with Crippen molar-refractivity contribution in [3.05, 3.63) is 70.5 Å². The van der Waals surface area contributed by atoms with Crippen molar-refractivity contribution in [3.8, 4) is 5.75 Å². The number of methoxy groups -OCH3 is 1. The van der Waals surface area contributed by atoms with Crippen molar-refractivity contribution in [2.24, 2.45) is 22.7 Å². The van der Waals surface area contributed by atoms with E-state index in [1.54, 1.807) is 17.7 Å². The maximum absolute atomic E-state index is 13.1. The molecule has 4 aliphatic carbocycles. The predicted molar refractivity (Wildman–Crippen MR) is 142 cm³/mol. The third-order valence-electron chi connectivity index (χ3n) is 8.88. The number of aromatic nitrogens is 1. The first kappa shape index (κ1) is 23.1. The Morgan fingerprint density at radius 1 is 1.03 bits per heavy atom. The predicted octanol–water partition coefficient (Wildman–Crippen LogP) is 5.50. The minimum absolute atomic E-state index is 0.0594. The number of rotatable bonds is 7. The summed E-state index contributed by atoms with van der Waals surface area (Å²) in [4.78, 5) is 25.9. The van der Waals surface area contributed by atoms with E-state index in [1.807, 2.05) is 48.5 Å². The molecule has 0 aliphatic heterocycles. The van der Waals surface area contributed by atoms with Crippen LogP contribution in [0.2, 0.25) is 0 Å². The van der Waals surface area contributed by atoms with Crippen LogP contribution in [0.4, 0.5) is 5.69 Å². The zero-order valence-corrected chi connectivity index (χ0v) is 21.2. The molecule has 1 heterocycles. The van der Waals surface area contributed by atoms with Crippen LogP contribution in [0.25, 0.3) is 10.9 Å². The molecule has 4 fully saturated rings. The number of nitrogens with zero attached hydrogens (tertiary/aromatic N) is 1. The highest BCUT2D eigenvalue weighted by atomic mass is 16.5. The number of fused-ring (bicyclic) bond motifs is 1. The summed E-state index contributed by atoms with van der Waals surface area (Å²) in [5, 5.41) is 0.897. The van der Waals surface area contributed by atoms with Crippen LogP contribution in [0.3, 0.4) is 0 Å². The SMILES string of the molecule is COc1ccc(Cn2c(=O)ccc3c(NNC(=O)CC45CC6CC(CC(C)(C6)C4)C5)cccc32)cc1. The van der Waals surface area contributed by atoms with Gasteiger partial charge in [0, 0.05) is 17.9 Å². The highest BCUT2D eigenvalue weighted by molar-refractivity contribution is 5.92. The molecule has 6 nitrogen and oxygen atoms in total. The van der Waals surface area contributed by atoms with Crippen LogP contribution >= 0.6 is 0 Å². The van der Waals surface area contributed by atoms with Crippen LogP contribution in [0, 0.1) is 22.7 Å². The molecule has 1 aromatic heterocycles. The largest absolute Gasteiger partial charge is 0.497 e. The smallest absolute Gasteiger partial charge is 0.251 e. The summed E-state index contributed by atoms with van der Waals surface area (Å²) in [6, 6.07) is 17.0. The molecule has 7 rings (SSSR count). The Balaban J connectivity index is 1.19. The van der Waals surface area contributed by atoms with Gasteiger partial charge < -0.3 is 9.30 Å². The molecule has 2 unspecified atom stereocenters. The van der Waals surface area contributed by atoms with E-state index < -0.39 is 0 Å². The number of carbonyl (C=O) groups is 1. The Bertz CT molecular complexity index is 1350. The Morgan fingerprint density at radius 2 is 1.78 bits per heavy atom. The minimum Gasteiger partial charge on any atom is -0.497 e. The van der Waals surface area contributed by atoms with Gasteiger partial charge in [0.25, 0.3) is 5.56 Å². The number of ether oxygens (including phenoxy) is 1. The Hall–Kier alpha value is -3.28. The number of hydrogen-bond acceptors (Lipinski definition) is 4. The second-order valence-corrected chi connectivity index (χ2v) is 12.0. The van der Waals surface area contributed by atoms with Gasteiger partial charge in [0.05, 0.1) is 24.9 Å². The average molecular weight is 486 g/mol. The average Bonchev–Trinajstić information content (AvgIpc) is 2.83. The highest BCUT2D eigenvalue weighted by Gasteiger charge is 2.56. The second-order valence-electron chi connectivity index (χ2n) is 12.0. The summed E-state index contributed by atoms with van der Waals surface area (Å²) < 4.78 is 7.01. The van der Waals surface area contributed by atoms with Crippen molar-refractivity contribution in [1.29, 1.82) is 0 Å². The fourth-order valence-corrected chi connectivity index (χ4v) is 8.17. The van der Waals surface area contributed by atoms with Crippen molar-refractivity contribution >= 4 is 22.5 Å². The van der Waals surface area contributed by atoms with Gasteiger partial charge in [-0.3, -0.25) is 20.4 Å². The monoisotopic (exact) mass is 485 g/mol. The molecular formula is C30H35N3O3. The molecule has 6 heteroatoms. The van der Waals surface area contributed by atoms with Gasteiger partial charge in [-0.1, -0.05) is 25.1 Å². The summed E-state index contributed by atoms with van der Waals surface area (Å²) in [7, 11) is 1.64. The first-order valence-electron chi connectivity index (χ1n) is 13.1. The zero-order valence-electron chi connectivity index (χ0n) is 21.2. The third-order valence-corrected chi connectivity index (χ3v) is 8.88. The number of hydrazine groups is 1. The summed E-state index contributed by atoms with van der Waals surface area (Å²) in [6.07, 6.45) is 8.25. The molecular weight excluding hydrogens is 450 g/mol. The molecule has 0 radical (unpaired) electrons. The van der Waals surface area contributed by atoms with Gasteiger partial charge in [-0.2, -0.15) is 0 Å². The summed E-state index contributed by atoms with van der Waals surface area (Å²) in [5.74, 6) is 2.45. The third kappa shape index (κ3) is 4.27. The number of anilines is 1. The highest BCUT2D eigenvalue weighted by Crippen LogP contribution is 2.66. The summed E-state index contributed by atoms with van der Waals surface area (Å²) in [6.45, 7) is 2.90. The molecule has 4 aliphatic rings. The van der Waals surface area contributed by atoms with E-state index in [0.29, 0.717) is 18.4 Å². The molecule has 36 heavy (non-hydrogen) atoms. The molecule has 2 N–H and O–H groups in total. The van der Waals surface area contributed by atoms with Crippen molar-refractivity contribution in [1.82, 2.24) is 9.99 Å². The van der Waals surface area contributed by atoms with Crippen LogP contribution in [0.5, 0.6) is 5.75 Å². The zero-order chi connectivity index (χ0) is 24.9. The lowest BCUT2D eigenvalue weighted by Gasteiger charge is -2.61. The van der Waals surface area contributed by atoms with Crippen molar-refractivity contribution in [2.75, 3.05) is 12.5 Å². The molecule has 1 amide bonds. The summed E-state index contributed by atoms with van der Waals surface area (Å²) in [5.41, 5.74) is 9.33. The van der Waals surface area contributed by atoms with Crippen LogP contribution in [-0.2, 0) is 11.3 Å². The topological polar surface area (TPSA) is 72.4 Å². The number of nitrogens with one attached hydrogen (secondary N) is 2. The van der Waals surface area contributed by atoms with Gasteiger partial charge in [-0.25, -0.2) is 0 Å². The second kappa shape index (κ2) is 8.68. The molecule has 2 aromatic carbocycles. The van der Waals surface area contributed by atoms with Gasteiger partial charge in [0.1, 0.15) is 5.75 Å². The van der Waals surface area contributed by atoms with Crippen molar-refractivity contribution < 1.29 is 9.53 Å². The first-order chi connectivity index (χ1) is 17.3. The van der Waals surface area contributed by atoms with E-state index in [9.17, 15) is 9.59 Å². The number of amides is 1. The fourth-order valence-electron chi connectivity index (χ4n) is 8.17. The number of pyridine rings is 1. The molecule has 4 saturated carbocycles. The summed E-state index contributed by atoms with van der Waals surface area (Å²) >= 11 is 0. The van der Waals surface area contributed by atoms with Gasteiger partial charge in [0.2, 0.25) is 5.91 Å². The van der Waals surface area contributed by atoms with Crippen LogP contribution < -0.4 is 21.1 Å². The Kier molecular flexibility index (Phi) is 5.58. The number of benzene rings is 2. The Morgan fingerprint density at radius 3 is 2.47 bits per heavy atom. The lowest BCUT2D eigenvalue weighted by atomic mass is 9.44. The van der Waals surface area contributed by atoms with E-state index in [1.165, 1.54) is 38.5 Å². The molecule has 2 atom stereocenters. The lowest BCUT2D eigenvalue weighted by molar-refractivity contribution is -0.136. The normalized spacial score (nSPS) is 28.3. The van der Waals surface area contributed by atoms with Crippen LogP contribution in [0.1, 0.15) is 57.4 Å². The van der Waals surface area contributed by atoms with Crippen LogP contribution in [-0.4, -0.2) is 17.6 Å². The molecule has 0 spiro atoms. The van der Waals surface area contributed by atoms with Gasteiger partial charge in [0.15, 0.2) is 0 Å². The molecule has 188 valence electrons. The van der Waals surface area contributed by atoms with E-state index in [2.05, 4.69) is 17.8 Å². The van der Waals surface area contributed by atoms with E-state index >= 15 is 0 Å². The molecule has 4 bridgehead atoms. The molecule has 0 saturated heterocycles. The number of hydrogen-bond donors (Lipinski definition) is 2. The minimum atomic E-state index is -0.0604. The van der Waals surface area contributed by atoms with Crippen LogP contribution in [0.15, 0.2) is 59.4 Å². The quantitative estimate of drug-likeness (QED) is 0.434. The van der Waals surface area contributed by atoms with Gasteiger partial charge in [-0.15, -0.1) is 0 Å². The van der Waals surface area contributed by atoms with E-state index in [0.717, 1.165) is 39.7 Å². The Labute approximate surface area is 212 Å².